The number of hydrogen-bond donors (Lipinski definition) is 0. The maximum atomic E-state index is 12.4. The molecule has 0 spiro atoms. The maximum Gasteiger partial charge on any atom is 0.319 e. The lowest BCUT2D eigenvalue weighted by molar-refractivity contribution is -0.151. The quantitative estimate of drug-likeness (QED) is 0.742. The van der Waals surface area contributed by atoms with Gasteiger partial charge < -0.3 is 9.30 Å². The van der Waals surface area contributed by atoms with Crippen molar-refractivity contribution in [1.29, 1.82) is 0 Å². The summed E-state index contributed by atoms with van der Waals surface area (Å²) in [5, 5.41) is 8.49. The molecule has 0 aromatic carbocycles. The molecule has 5 nitrogen and oxygen atoms in total. The summed E-state index contributed by atoms with van der Waals surface area (Å²) in [6.45, 7) is 8.22. The van der Waals surface area contributed by atoms with Crippen LogP contribution in [0, 0.1) is 6.92 Å². The van der Waals surface area contributed by atoms with Crippen LogP contribution >= 0.6 is 0 Å². The Bertz CT molecular complexity index is 459. The Morgan fingerprint density at radius 1 is 1.32 bits per heavy atom. The zero-order valence-corrected chi connectivity index (χ0v) is 12.3. The average molecular weight is 265 g/mol. The molecule has 0 bridgehead atoms. The van der Waals surface area contributed by atoms with Crippen molar-refractivity contribution in [2.24, 2.45) is 0 Å². The molecule has 0 amide bonds. The Labute approximate surface area is 114 Å². The number of aromatic nitrogens is 3. The lowest BCUT2D eigenvalue weighted by Crippen LogP contribution is -2.39. The first-order valence-electron chi connectivity index (χ1n) is 7.19. The normalized spacial score (nSPS) is 15.6. The maximum absolute atomic E-state index is 12.4. The minimum absolute atomic E-state index is 0.172. The van der Waals surface area contributed by atoms with Crippen molar-refractivity contribution >= 4 is 5.97 Å². The highest BCUT2D eigenvalue weighted by Gasteiger charge is 2.45. The Morgan fingerprint density at radius 3 is 2.42 bits per heavy atom. The first-order valence-corrected chi connectivity index (χ1v) is 7.19. The van der Waals surface area contributed by atoms with Gasteiger partial charge in [0.25, 0.3) is 0 Å². The van der Waals surface area contributed by atoms with Crippen molar-refractivity contribution in [2.45, 2.75) is 64.8 Å². The van der Waals surface area contributed by atoms with Gasteiger partial charge in [-0.1, -0.05) is 13.8 Å². The smallest absolute Gasteiger partial charge is 0.319 e. The Kier molecular flexibility index (Phi) is 3.92. The third-order valence-corrected chi connectivity index (χ3v) is 4.08. The molecule has 0 N–H and O–H groups in total. The number of hydrogen-bond acceptors (Lipinski definition) is 4. The van der Waals surface area contributed by atoms with Gasteiger partial charge in [-0.05, 0) is 39.5 Å². The van der Waals surface area contributed by atoms with E-state index in [9.17, 15) is 4.79 Å². The van der Waals surface area contributed by atoms with Crippen molar-refractivity contribution in [3.8, 4) is 0 Å². The van der Waals surface area contributed by atoms with Gasteiger partial charge in [-0.2, -0.15) is 0 Å². The lowest BCUT2D eigenvalue weighted by Gasteiger charge is -2.28. The number of nitrogens with zero attached hydrogens (tertiary/aromatic N) is 3. The summed E-state index contributed by atoms with van der Waals surface area (Å²) in [5.74, 6) is 1.51. The van der Waals surface area contributed by atoms with Crippen LogP contribution in [0.1, 0.15) is 64.1 Å². The summed E-state index contributed by atoms with van der Waals surface area (Å²) in [7, 11) is 0. The van der Waals surface area contributed by atoms with Gasteiger partial charge in [0.2, 0.25) is 0 Å². The standard InChI is InChI=1S/C14H23N3O2/c1-5-14(6-2,13(18)19-7-3)12-16-15-10(4)17(12)11-8-9-11/h11H,5-9H2,1-4H3. The van der Waals surface area contributed by atoms with Crippen LogP contribution in [0.25, 0.3) is 0 Å². The number of ether oxygens (including phenoxy) is 1. The highest BCUT2D eigenvalue weighted by Crippen LogP contribution is 2.41. The van der Waals surface area contributed by atoms with Gasteiger partial charge >= 0.3 is 5.97 Å². The first-order chi connectivity index (χ1) is 9.10. The van der Waals surface area contributed by atoms with Gasteiger partial charge in [0.05, 0.1) is 6.61 Å². The molecule has 5 heteroatoms. The van der Waals surface area contributed by atoms with Crippen LogP contribution in [0.5, 0.6) is 0 Å². The highest BCUT2D eigenvalue weighted by atomic mass is 16.5. The summed E-state index contributed by atoms with van der Waals surface area (Å²) < 4.78 is 7.43. The molecule has 0 aliphatic heterocycles. The van der Waals surface area contributed by atoms with E-state index in [1.807, 2.05) is 27.7 Å². The molecule has 0 unspecified atom stereocenters. The van der Waals surface area contributed by atoms with Crippen LogP contribution in [-0.4, -0.2) is 27.3 Å². The predicted molar refractivity (Wildman–Crippen MR) is 71.9 cm³/mol. The Hall–Kier alpha value is -1.39. The van der Waals surface area contributed by atoms with Gasteiger partial charge in [-0.3, -0.25) is 4.79 Å². The van der Waals surface area contributed by atoms with Crippen molar-refractivity contribution in [1.82, 2.24) is 14.8 Å². The second-order valence-electron chi connectivity index (χ2n) is 5.18. The molecule has 1 aliphatic rings. The summed E-state index contributed by atoms with van der Waals surface area (Å²) in [5.41, 5.74) is -0.653. The second-order valence-corrected chi connectivity index (χ2v) is 5.18. The van der Waals surface area contributed by atoms with Crippen molar-refractivity contribution in [3.63, 3.8) is 0 Å². The number of esters is 1. The predicted octanol–water partition coefficient (Wildman–Crippen LogP) is 2.54. The van der Waals surface area contributed by atoms with E-state index in [1.165, 1.54) is 0 Å². The minimum Gasteiger partial charge on any atom is -0.465 e. The van der Waals surface area contributed by atoms with E-state index in [1.54, 1.807) is 0 Å². The SMILES string of the molecule is CCOC(=O)C(CC)(CC)c1nnc(C)n1C1CC1. The highest BCUT2D eigenvalue weighted by molar-refractivity contribution is 5.82. The van der Waals surface area contributed by atoms with Crippen LogP contribution in [-0.2, 0) is 14.9 Å². The molecule has 0 radical (unpaired) electrons. The van der Waals surface area contributed by atoms with Crippen LogP contribution in [0.3, 0.4) is 0 Å². The zero-order chi connectivity index (χ0) is 14.0. The number of carbonyl (C=O) groups is 1. The van der Waals surface area contributed by atoms with Gasteiger partial charge in [0, 0.05) is 6.04 Å². The lowest BCUT2D eigenvalue weighted by atomic mass is 9.81. The number of carbonyl (C=O) groups excluding carboxylic acids is 1. The van der Waals surface area contributed by atoms with E-state index < -0.39 is 5.41 Å². The fourth-order valence-electron chi connectivity index (χ4n) is 2.68. The van der Waals surface area contributed by atoms with E-state index in [4.69, 9.17) is 4.74 Å². The van der Waals surface area contributed by atoms with E-state index in [0.717, 1.165) is 24.5 Å². The molecule has 2 rings (SSSR count). The Morgan fingerprint density at radius 2 is 1.95 bits per heavy atom. The van der Waals surface area contributed by atoms with Crippen molar-refractivity contribution in [2.75, 3.05) is 6.61 Å². The molecule has 1 saturated carbocycles. The average Bonchev–Trinajstić information content (AvgIpc) is 3.16. The van der Waals surface area contributed by atoms with Crippen molar-refractivity contribution < 1.29 is 9.53 Å². The first kappa shape index (κ1) is 14.0. The summed E-state index contributed by atoms with van der Waals surface area (Å²) >= 11 is 0. The Balaban J connectivity index is 2.46. The van der Waals surface area contributed by atoms with Gasteiger partial charge in [0.1, 0.15) is 11.2 Å². The summed E-state index contributed by atoms with van der Waals surface area (Å²) in [6.07, 6.45) is 3.68. The fraction of sp³-hybridized carbons (Fsp3) is 0.786. The van der Waals surface area contributed by atoms with E-state index in [2.05, 4.69) is 14.8 Å². The largest absolute Gasteiger partial charge is 0.465 e. The molecule has 1 fully saturated rings. The summed E-state index contributed by atoms with van der Waals surface area (Å²) in [4.78, 5) is 12.4. The van der Waals surface area contributed by atoms with Crippen molar-refractivity contribution in [3.05, 3.63) is 11.6 Å². The fourth-order valence-corrected chi connectivity index (χ4v) is 2.68. The number of aryl methyl sites for hydroxylation is 1. The third-order valence-electron chi connectivity index (χ3n) is 4.08. The topological polar surface area (TPSA) is 57.0 Å². The van der Waals surface area contributed by atoms with Gasteiger partial charge in [-0.15, -0.1) is 10.2 Å². The molecule has 1 heterocycles. The van der Waals surface area contributed by atoms with Crippen LogP contribution in [0.15, 0.2) is 0 Å². The molecule has 0 saturated heterocycles. The van der Waals surface area contributed by atoms with Crippen LogP contribution in [0.2, 0.25) is 0 Å². The molecular formula is C14H23N3O2. The molecule has 19 heavy (non-hydrogen) atoms. The molecular weight excluding hydrogens is 242 g/mol. The van der Waals surface area contributed by atoms with Crippen LogP contribution in [0.4, 0.5) is 0 Å². The monoisotopic (exact) mass is 265 g/mol. The minimum atomic E-state index is -0.653. The van der Waals surface area contributed by atoms with E-state index in [-0.39, 0.29) is 5.97 Å². The number of rotatable bonds is 6. The molecule has 0 atom stereocenters. The molecule has 1 aromatic rings. The van der Waals surface area contributed by atoms with Gasteiger partial charge in [0.15, 0.2) is 5.82 Å². The van der Waals surface area contributed by atoms with Crippen LogP contribution < -0.4 is 0 Å². The second kappa shape index (κ2) is 5.31. The van der Waals surface area contributed by atoms with E-state index >= 15 is 0 Å². The summed E-state index contributed by atoms with van der Waals surface area (Å²) in [6, 6.07) is 0.469. The third kappa shape index (κ3) is 2.26. The van der Waals surface area contributed by atoms with E-state index in [0.29, 0.717) is 25.5 Å². The van der Waals surface area contributed by atoms with Gasteiger partial charge in [-0.25, -0.2) is 0 Å². The molecule has 1 aliphatic carbocycles. The molecule has 106 valence electrons. The molecule has 1 aromatic heterocycles. The zero-order valence-electron chi connectivity index (χ0n) is 12.3.